The SMILES string of the molecule is O=[As]c1ccc(NC(=O)NCc2ccccc2)cc1. The van der Waals surface area contributed by atoms with E-state index in [9.17, 15) is 8.53 Å². The Morgan fingerprint density at radius 2 is 1.68 bits per heavy atom. The van der Waals surface area contributed by atoms with Crippen LogP contribution >= 0.6 is 0 Å². The third-order valence-electron chi connectivity index (χ3n) is 2.53. The number of hydrogen-bond donors (Lipinski definition) is 2. The van der Waals surface area contributed by atoms with Crippen molar-refractivity contribution in [2.75, 3.05) is 5.32 Å². The maximum absolute atomic E-state index is 11.7. The summed E-state index contributed by atoms with van der Waals surface area (Å²) in [5, 5.41) is 5.49. The van der Waals surface area contributed by atoms with Crippen LogP contribution in [-0.2, 0) is 10.3 Å². The van der Waals surface area contributed by atoms with Gasteiger partial charge in [0, 0.05) is 0 Å². The fourth-order valence-corrected chi connectivity index (χ4v) is 2.13. The first-order valence-corrected chi connectivity index (χ1v) is 7.50. The molecule has 2 aromatic carbocycles. The molecular weight excluding hydrogens is 303 g/mol. The van der Waals surface area contributed by atoms with Crippen molar-refractivity contribution in [3.05, 3.63) is 60.2 Å². The van der Waals surface area contributed by atoms with Crippen LogP contribution in [0, 0.1) is 0 Å². The van der Waals surface area contributed by atoms with E-state index < -0.39 is 15.7 Å². The summed E-state index contributed by atoms with van der Waals surface area (Å²) in [7, 11) is 0. The normalized spacial score (nSPS) is 10.1. The molecule has 0 radical (unpaired) electrons. The summed E-state index contributed by atoms with van der Waals surface area (Å²) in [5.74, 6) is 0. The summed E-state index contributed by atoms with van der Waals surface area (Å²) in [6, 6.07) is 16.4. The van der Waals surface area contributed by atoms with E-state index in [0.29, 0.717) is 12.2 Å². The third kappa shape index (κ3) is 4.34. The molecule has 0 aliphatic rings. The van der Waals surface area contributed by atoms with Crippen LogP contribution in [0.25, 0.3) is 0 Å². The van der Waals surface area contributed by atoms with Gasteiger partial charge in [-0.15, -0.1) is 0 Å². The van der Waals surface area contributed by atoms with Crippen molar-refractivity contribution in [1.82, 2.24) is 5.32 Å². The summed E-state index contributed by atoms with van der Waals surface area (Å²) in [5.41, 5.74) is 1.73. The number of carbonyl (C=O) groups is 1. The molecular formula is C14H13AsN2O2. The van der Waals surface area contributed by atoms with Crippen molar-refractivity contribution < 1.29 is 8.53 Å². The van der Waals surface area contributed by atoms with E-state index in [0.717, 1.165) is 9.91 Å². The first-order chi connectivity index (χ1) is 9.28. The van der Waals surface area contributed by atoms with E-state index in [2.05, 4.69) is 10.6 Å². The molecule has 0 bridgehead atoms. The van der Waals surface area contributed by atoms with E-state index in [4.69, 9.17) is 0 Å². The van der Waals surface area contributed by atoms with E-state index in [1.165, 1.54) is 0 Å². The molecule has 2 amide bonds. The van der Waals surface area contributed by atoms with Gasteiger partial charge in [-0.25, -0.2) is 0 Å². The number of hydrogen-bond acceptors (Lipinski definition) is 2. The number of nitrogens with one attached hydrogen (secondary N) is 2. The van der Waals surface area contributed by atoms with Gasteiger partial charge in [-0.2, -0.15) is 0 Å². The number of carbonyl (C=O) groups excluding carboxylic acids is 1. The van der Waals surface area contributed by atoms with Crippen molar-refractivity contribution >= 4 is 31.8 Å². The van der Waals surface area contributed by atoms with Crippen LogP contribution < -0.4 is 15.0 Å². The zero-order valence-corrected chi connectivity index (χ0v) is 12.0. The van der Waals surface area contributed by atoms with Crippen LogP contribution in [0.15, 0.2) is 54.6 Å². The quantitative estimate of drug-likeness (QED) is 0.843. The molecule has 0 heterocycles. The monoisotopic (exact) mass is 316 g/mol. The summed E-state index contributed by atoms with van der Waals surface area (Å²) in [6.07, 6.45) is 0. The minimum absolute atomic E-state index is 0.257. The second kappa shape index (κ2) is 6.86. The summed E-state index contributed by atoms with van der Waals surface area (Å²) < 4.78 is 11.5. The Kier molecular flexibility index (Phi) is 4.87. The predicted molar refractivity (Wildman–Crippen MR) is 74.8 cm³/mol. The fraction of sp³-hybridized carbons (Fsp3) is 0.0714. The minimum atomic E-state index is -1.01. The van der Waals surface area contributed by atoms with Gasteiger partial charge in [0.1, 0.15) is 0 Å². The average molecular weight is 316 g/mol. The van der Waals surface area contributed by atoms with Crippen molar-refractivity contribution in [3.63, 3.8) is 0 Å². The van der Waals surface area contributed by atoms with Crippen LogP contribution in [0.5, 0.6) is 0 Å². The molecule has 5 heteroatoms. The van der Waals surface area contributed by atoms with Crippen LogP contribution in [0.1, 0.15) is 5.56 Å². The first-order valence-electron chi connectivity index (χ1n) is 5.80. The number of amides is 2. The van der Waals surface area contributed by atoms with Gasteiger partial charge in [-0.05, 0) is 0 Å². The van der Waals surface area contributed by atoms with Crippen LogP contribution in [0.2, 0.25) is 0 Å². The Hall–Kier alpha value is -1.93. The number of urea groups is 1. The van der Waals surface area contributed by atoms with Gasteiger partial charge in [0.2, 0.25) is 0 Å². The molecule has 0 spiro atoms. The van der Waals surface area contributed by atoms with Gasteiger partial charge >= 0.3 is 118 Å². The molecule has 4 nitrogen and oxygen atoms in total. The van der Waals surface area contributed by atoms with E-state index in [1.807, 2.05) is 30.3 Å². The van der Waals surface area contributed by atoms with Crippen LogP contribution in [0.4, 0.5) is 10.5 Å². The van der Waals surface area contributed by atoms with Gasteiger partial charge in [-0.3, -0.25) is 0 Å². The van der Waals surface area contributed by atoms with Crippen molar-refractivity contribution in [2.45, 2.75) is 6.54 Å². The molecule has 19 heavy (non-hydrogen) atoms. The van der Waals surface area contributed by atoms with Crippen molar-refractivity contribution in [2.24, 2.45) is 0 Å². The summed E-state index contributed by atoms with van der Waals surface area (Å²) in [4.78, 5) is 11.7. The molecule has 0 saturated carbocycles. The number of anilines is 1. The standard InChI is InChI=1S/C14H13AsN2O2/c18-14(16-10-11-4-2-1-3-5-11)17-13-8-6-12(15-19)7-9-13/h1-9H,10H2,(H2,16,17,18). The Bertz CT molecular complexity index is 555. The molecule has 96 valence electrons. The number of rotatable bonds is 4. The van der Waals surface area contributed by atoms with Crippen LogP contribution in [-0.4, -0.2) is 21.7 Å². The Balaban J connectivity index is 1.85. The third-order valence-corrected chi connectivity index (χ3v) is 3.59. The molecule has 0 aromatic heterocycles. The van der Waals surface area contributed by atoms with E-state index >= 15 is 0 Å². The second-order valence-corrected chi connectivity index (χ2v) is 5.40. The maximum atomic E-state index is 11.7. The van der Waals surface area contributed by atoms with Crippen molar-refractivity contribution in [3.8, 4) is 0 Å². The fourth-order valence-electron chi connectivity index (χ4n) is 1.56. The molecule has 0 atom stereocenters. The predicted octanol–water partition coefficient (Wildman–Crippen LogP) is 1.68. The number of benzene rings is 2. The Labute approximate surface area is 118 Å². The average Bonchev–Trinajstić information content (AvgIpc) is 2.47. The van der Waals surface area contributed by atoms with Gasteiger partial charge in [0.25, 0.3) is 0 Å². The first kappa shape index (κ1) is 13.5. The molecule has 0 unspecified atom stereocenters. The van der Waals surface area contributed by atoms with Crippen LogP contribution in [0.3, 0.4) is 0 Å². The van der Waals surface area contributed by atoms with Crippen molar-refractivity contribution in [1.29, 1.82) is 0 Å². The molecule has 2 aromatic rings. The van der Waals surface area contributed by atoms with Gasteiger partial charge in [0.05, 0.1) is 0 Å². The molecule has 2 rings (SSSR count). The molecule has 0 aliphatic carbocycles. The topological polar surface area (TPSA) is 58.2 Å². The summed E-state index contributed by atoms with van der Waals surface area (Å²) in [6.45, 7) is 0.482. The summed E-state index contributed by atoms with van der Waals surface area (Å²) >= 11 is -1.01. The molecule has 0 aliphatic heterocycles. The second-order valence-electron chi connectivity index (χ2n) is 3.93. The van der Waals surface area contributed by atoms with Gasteiger partial charge in [-0.1, -0.05) is 0 Å². The Morgan fingerprint density at radius 1 is 1.00 bits per heavy atom. The van der Waals surface area contributed by atoms with E-state index in [-0.39, 0.29) is 6.03 Å². The molecule has 2 N–H and O–H groups in total. The van der Waals surface area contributed by atoms with E-state index in [1.54, 1.807) is 24.3 Å². The Morgan fingerprint density at radius 3 is 2.32 bits per heavy atom. The van der Waals surface area contributed by atoms with Gasteiger partial charge in [0.15, 0.2) is 0 Å². The molecule has 0 fully saturated rings. The van der Waals surface area contributed by atoms with Gasteiger partial charge < -0.3 is 0 Å². The molecule has 0 saturated heterocycles. The zero-order chi connectivity index (χ0) is 13.5. The zero-order valence-electron chi connectivity index (χ0n) is 10.2.